The van der Waals surface area contributed by atoms with Crippen LogP contribution >= 0.6 is 0 Å². The Morgan fingerprint density at radius 1 is 1.20 bits per heavy atom. The lowest BCUT2D eigenvalue weighted by Crippen LogP contribution is -1.95. The van der Waals surface area contributed by atoms with Crippen LogP contribution in [0.4, 0.5) is 0 Å². The molecule has 0 radical (unpaired) electrons. The van der Waals surface area contributed by atoms with Gasteiger partial charge in [0.1, 0.15) is 0 Å². The average molecular weight is 340 g/mol. The first-order valence-corrected chi connectivity index (χ1v) is 8.20. The Hall–Kier alpha value is -2.83. The van der Waals surface area contributed by atoms with Crippen LogP contribution in [0.3, 0.4) is 0 Å². The van der Waals surface area contributed by atoms with Crippen molar-refractivity contribution in [1.82, 2.24) is 19.9 Å². The highest BCUT2D eigenvalue weighted by Crippen LogP contribution is 2.53. The van der Waals surface area contributed by atoms with Gasteiger partial charge in [0.25, 0.3) is 0 Å². The van der Waals surface area contributed by atoms with Gasteiger partial charge in [-0.2, -0.15) is 10.1 Å². The SMILES string of the molecule is COc1ccc(Cc2noc(C3CC3c3cnn(C)c3)n2)cc1OC. The van der Waals surface area contributed by atoms with E-state index in [1.807, 2.05) is 42.3 Å². The van der Waals surface area contributed by atoms with Gasteiger partial charge in [-0.15, -0.1) is 0 Å². The van der Waals surface area contributed by atoms with Crippen molar-refractivity contribution >= 4 is 0 Å². The van der Waals surface area contributed by atoms with Crippen LogP contribution in [0.25, 0.3) is 0 Å². The van der Waals surface area contributed by atoms with E-state index in [1.165, 1.54) is 5.56 Å². The Bertz CT molecular complexity index is 886. The summed E-state index contributed by atoms with van der Waals surface area (Å²) in [6.07, 6.45) is 5.58. The molecule has 4 rings (SSSR count). The Morgan fingerprint density at radius 2 is 2.04 bits per heavy atom. The van der Waals surface area contributed by atoms with E-state index in [-0.39, 0.29) is 0 Å². The fourth-order valence-corrected chi connectivity index (χ4v) is 3.13. The molecule has 0 amide bonds. The third-order valence-corrected chi connectivity index (χ3v) is 4.55. The average Bonchev–Trinajstić information content (AvgIpc) is 3.08. The van der Waals surface area contributed by atoms with E-state index in [4.69, 9.17) is 14.0 Å². The Kier molecular flexibility index (Phi) is 3.91. The van der Waals surface area contributed by atoms with Gasteiger partial charge in [-0.25, -0.2) is 0 Å². The largest absolute Gasteiger partial charge is 0.493 e. The van der Waals surface area contributed by atoms with Crippen molar-refractivity contribution in [3.05, 3.63) is 53.4 Å². The molecule has 1 fully saturated rings. The summed E-state index contributed by atoms with van der Waals surface area (Å²) in [4.78, 5) is 4.57. The number of rotatable bonds is 6. The first-order valence-electron chi connectivity index (χ1n) is 8.20. The summed E-state index contributed by atoms with van der Waals surface area (Å²) in [5.41, 5.74) is 2.27. The van der Waals surface area contributed by atoms with Gasteiger partial charge >= 0.3 is 0 Å². The molecule has 2 unspecified atom stereocenters. The van der Waals surface area contributed by atoms with Gasteiger partial charge in [0, 0.05) is 25.6 Å². The zero-order valence-corrected chi connectivity index (χ0v) is 14.5. The fourth-order valence-electron chi connectivity index (χ4n) is 3.13. The van der Waals surface area contributed by atoms with Crippen LogP contribution in [-0.2, 0) is 13.5 Å². The smallest absolute Gasteiger partial charge is 0.230 e. The predicted molar refractivity (Wildman–Crippen MR) is 90.0 cm³/mol. The van der Waals surface area contributed by atoms with E-state index >= 15 is 0 Å². The lowest BCUT2D eigenvalue weighted by atomic mass is 10.1. The molecule has 2 aromatic heterocycles. The normalized spacial score (nSPS) is 19.0. The van der Waals surface area contributed by atoms with Crippen LogP contribution in [0, 0.1) is 0 Å². The van der Waals surface area contributed by atoms with Crippen LogP contribution in [-0.4, -0.2) is 34.1 Å². The molecular weight excluding hydrogens is 320 g/mol. The highest BCUT2D eigenvalue weighted by atomic mass is 16.5. The molecule has 7 heteroatoms. The Balaban J connectivity index is 1.46. The zero-order valence-electron chi connectivity index (χ0n) is 14.5. The fraction of sp³-hybridized carbons (Fsp3) is 0.389. The van der Waals surface area contributed by atoms with Gasteiger partial charge in [0.2, 0.25) is 5.89 Å². The number of hydrogen-bond acceptors (Lipinski definition) is 6. The number of aromatic nitrogens is 4. The molecule has 2 atom stereocenters. The van der Waals surface area contributed by atoms with Gasteiger partial charge in [0.15, 0.2) is 17.3 Å². The maximum atomic E-state index is 5.48. The van der Waals surface area contributed by atoms with Crippen molar-refractivity contribution in [2.45, 2.75) is 24.7 Å². The monoisotopic (exact) mass is 340 g/mol. The summed E-state index contributed by atoms with van der Waals surface area (Å²) >= 11 is 0. The Morgan fingerprint density at radius 3 is 2.76 bits per heavy atom. The molecule has 1 aliphatic carbocycles. The molecule has 0 bridgehead atoms. The van der Waals surface area contributed by atoms with Crippen molar-refractivity contribution in [3.8, 4) is 11.5 Å². The van der Waals surface area contributed by atoms with E-state index in [0.717, 1.165) is 12.0 Å². The van der Waals surface area contributed by atoms with E-state index < -0.39 is 0 Å². The maximum Gasteiger partial charge on any atom is 0.230 e. The molecule has 1 saturated carbocycles. The van der Waals surface area contributed by atoms with Crippen molar-refractivity contribution in [2.24, 2.45) is 7.05 Å². The van der Waals surface area contributed by atoms with E-state index in [2.05, 4.69) is 15.2 Å². The molecule has 0 N–H and O–H groups in total. The molecule has 3 aromatic rings. The van der Waals surface area contributed by atoms with Crippen LogP contribution < -0.4 is 9.47 Å². The highest BCUT2D eigenvalue weighted by Gasteiger charge is 2.44. The lowest BCUT2D eigenvalue weighted by molar-refractivity contribution is 0.354. The van der Waals surface area contributed by atoms with Gasteiger partial charge in [-0.05, 0) is 35.6 Å². The van der Waals surface area contributed by atoms with E-state index in [9.17, 15) is 0 Å². The van der Waals surface area contributed by atoms with Gasteiger partial charge in [0.05, 0.1) is 20.4 Å². The van der Waals surface area contributed by atoms with Crippen molar-refractivity contribution in [1.29, 1.82) is 0 Å². The number of nitrogens with zero attached hydrogens (tertiary/aromatic N) is 4. The summed E-state index contributed by atoms with van der Waals surface area (Å²) in [6.45, 7) is 0. The van der Waals surface area contributed by atoms with Crippen molar-refractivity contribution in [3.63, 3.8) is 0 Å². The molecule has 0 spiro atoms. The first-order chi connectivity index (χ1) is 12.2. The second kappa shape index (κ2) is 6.23. The molecule has 0 saturated heterocycles. The van der Waals surface area contributed by atoms with Gasteiger partial charge in [-0.1, -0.05) is 11.2 Å². The van der Waals surface area contributed by atoms with E-state index in [0.29, 0.717) is 41.5 Å². The summed E-state index contributed by atoms with van der Waals surface area (Å²) in [7, 11) is 5.17. The maximum absolute atomic E-state index is 5.48. The quantitative estimate of drug-likeness (QED) is 0.687. The molecule has 1 aliphatic rings. The van der Waals surface area contributed by atoms with Crippen LogP contribution in [0.2, 0.25) is 0 Å². The molecular formula is C18H20N4O3. The van der Waals surface area contributed by atoms with Gasteiger partial charge in [-0.3, -0.25) is 4.68 Å². The number of aryl methyl sites for hydroxylation is 1. The topological polar surface area (TPSA) is 75.2 Å². The standard InChI is InChI=1S/C18H20N4O3/c1-22-10-12(9-19-22)13-8-14(13)18-20-17(21-25-18)7-11-4-5-15(23-2)16(6-11)24-3/h4-6,9-10,13-14H,7-8H2,1-3H3. The van der Waals surface area contributed by atoms with Crippen LogP contribution in [0.5, 0.6) is 11.5 Å². The molecule has 7 nitrogen and oxygen atoms in total. The van der Waals surface area contributed by atoms with Crippen molar-refractivity contribution < 1.29 is 14.0 Å². The first kappa shape index (κ1) is 15.7. The molecule has 25 heavy (non-hydrogen) atoms. The third-order valence-electron chi connectivity index (χ3n) is 4.55. The minimum absolute atomic E-state index is 0.302. The van der Waals surface area contributed by atoms with E-state index in [1.54, 1.807) is 14.2 Å². The summed E-state index contributed by atoms with van der Waals surface area (Å²) in [5, 5.41) is 8.35. The lowest BCUT2D eigenvalue weighted by Gasteiger charge is -2.08. The van der Waals surface area contributed by atoms with Crippen LogP contribution in [0.1, 0.15) is 41.1 Å². The molecule has 0 aliphatic heterocycles. The molecule has 130 valence electrons. The predicted octanol–water partition coefficient (Wildman–Crippen LogP) is 2.68. The Labute approximate surface area is 145 Å². The number of ether oxygens (including phenoxy) is 2. The minimum Gasteiger partial charge on any atom is -0.493 e. The number of benzene rings is 1. The van der Waals surface area contributed by atoms with Crippen molar-refractivity contribution in [2.75, 3.05) is 14.2 Å². The second-order valence-electron chi connectivity index (χ2n) is 6.31. The van der Waals surface area contributed by atoms with Gasteiger partial charge < -0.3 is 14.0 Å². The summed E-state index contributed by atoms with van der Waals surface area (Å²) in [5.74, 6) is 3.53. The zero-order chi connectivity index (χ0) is 17.4. The van der Waals surface area contributed by atoms with Crippen LogP contribution in [0.15, 0.2) is 35.1 Å². The third kappa shape index (κ3) is 3.09. The minimum atomic E-state index is 0.302. The second-order valence-corrected chi connectivity index (χ2v) is 6.31. The molecule has 2 heterocycles. The number of methoxy groups -OCH3 is 2. The summed E-state index contributed by atoms with van der Waals surface area (Å²) < 4.78 is 17.9. The summed E-state index contributed by atoms with van der Waals surface area (Å²) in [6, 6.07) is 5.80. The highest BCUT2D eigenvalue weighted by molar-refractivity contribution is 5.43. The number of hydrogen-bond donors (Lipinski definition) is 0. The molecule has 1 aromatic carbocycles.